The molecule has 210 valence electrons. The molecule has 6 rings (SSSR count). The number of para-hydroxylation sites is 2. The summed E-state index contributed by atoms with van der Waals surface area (Å²) in [5.74, 6) is 0.363. The standard InChI is InChI=1S/C34H35FN4O2/c35-28-14-9-17-29(37-33(40)20-27(23-10-3-1-4-11-23)24-12-5-2-6-13-24)26(28)19-18-25-21-36-32(22-41-25)34-38-30-15-7-8-16-31(30)39-34/h1,3-5,7-17,25,27,32,36H,2,6,18-22H2,(H,37,40)(H,38,39)/t25-,27?,32+/m1/s1. The number of carbonyl (C=O) groups is 1. The fraction of sp³-hybridized carbons (Fsp3) is 0.294. The molecule has 41 heavy (non-hydrogen) atoms. The quantitative estimate of drug-likeness (QED) is 0.215. The Hall–Kier alpha value is -4.07. The number of rotatable bonds is 9. The fourth-order valence-electron chi connectivity index (χ4n) is 5.75. The lowest BCUT2D eigenvalue weighted by Crippen LogP contribution is -2.41. The van der Waals surface area contributed by atoms with Crippen molar-refractivity contribution in [1.82, 2.24) is 15.3 Å². The molecule has 1 amide bonds. The highest BCUT2D eigenvalue weighted by Gasteiger charge is 2.26. The molecule has 2 heterocycles. The second-order valence-corrected chi connectivity index (χ2v) is 10.8. The van der Waals surface area contributed by atoms with E-state index in [0.717, 1.165) is 40.8 Å². The number of aromatic nitrogens is 2. The smallest absolute Gasteiger partial charge is 0.225 e. The molecule has 0 spiro atoms. The van der Waals surface area contributed by atoms with Crippen LogP contribution in [0.1, 0.15) is 54.6 Å². The number of allylic oxidation sites excluding steroid dienone is 4. The molecule has 0 saturated carbocycles. The van der Waals surface area contributed by atoms with Crippen molar-refractivity contribution in [2.24, 2.45) is 0 Å². The Labute approximate surface area is 239 Å². The maximum atomic E-state index is 15.0. The minimum absolute atomic E-state index is 0.0198. The van der Waals surface area contributed by atoms with E-state index in [2.05, 4.69) is 51.0 Å². The number of H-pyrrole nitrogens is 1. The van der Waals surface area contributed by atoms with Crippen LogP contribution in [0.4, 0.5) is 10.1 Å². The first-order chi connectivity index (χ1) is 20.1. The Bertz CT molecular complexity index is 1520. The van der Waals surface area contributed by atoms with E-state index in [1.54, 1.807) is 12.1 Å². The first-order valence-corrected chi connectivity index (χ1v) is 14.4. The number of morpholine rings is 1. The van der Waals surface area contributed by atoms with E-state index in [1.165, 1.54) is 6.07 Å². The van der Waals surface area contributed by atoms with Gasteiger partial charge in [-0.15, -0.1) is 0 Å². The highest BCUT2D eigenvalue weighted by atomic mass is 19.1. The number of halogens is 1. The Morgan fingerprint density at radius 3 is 2.68 bits per heavy atom. The second-order valence-electron chi connectivity index (χ2n) is 10.8. The summed E-state index contributed by atoms with van der Waals surface area (Å²) in [4.78, 5) is 21.4. The van der Waals surface area contributed by atoms with Crippen molar-refractivity contribution in [2.45, 2.75) is 50.2 Å². The summed E-state index contributed by atoms with van der Waals surface area (Å²) < 4.78 is 21.2. The molecule has 3 aromatic carbocycles. The van der Waals surface area contributed by atoms with Gasteiger partial charge in [-0.05, 0) is 61.1 Å². The number of aromatic amines is 1. The third kappa shape index (κ3) is 6.47. The highest BCUT2D eigenvalue weighted by Crippen LogP contribution is 2.32. The number of nitrogens with zero attached hydrogens (tertiary/aromatic N) is 1. The van der Waals surface area contributed by atoms with Crippen LogP contribution in [-0.4, -0.2) is 35.1 Å². The molecule has 3 N–H and O–H groups in total. The molecule has 1 aromatic heterocycles. The molecular formula is C34H35FN4O2. The van der Waals surface area contributed by atoms with Crippen LogP contribution in [0.15, 0.2) is 96.6 Å². The number of fused-ring (bicyclic) bond motifs is 1. The van der Waals surface area contributed by atoms with Gasteiger partial charge in [0.05, 0.1) is 29.8 Å². The van der Waals surface area contributed by atoms with Crippen molar-refractivity contribution in [1.29, 1.82) is 0 Å². The maximum Gasteiger partial charge on any atom is 0.225 e. The minimum Gasteiger partial charge on any atom is -0.375 e. The first-order valence-electron chi connectivity index (χ1n) is 14.4. The summed E-state index contributed by atoms with van der Waals surface area (Å²) in [7, 11) is 0. The van der Waals surface area contributed by atoms with Gasteiger partial charge in [-0.3, -0.25) is 4.79 Å². The number of benzene rings is 3. The number of hydrogen-bond acceptors (Lipinski definition) is 4. The van der Waals surface area contributed by atoms with Crippen LogP contribution in [0.3, 0.4) is 0 Å². The highest BCUT2D eigenvalue weighted by molar-refractivity contribution is 5.92. The van der Waals surface area contributed by atoms with E-state index < -0.39 is 0 Å². The molecule has 3 atom stereocenters. The lowest BCUT2D eigenvalue weighted by atomic mass is 9.85. The van der Waals surface area contributed by atoms with Gasteiger partial charge < -0.3 is 20.4 Å². The summed E-state index contributed by atoms with van der Waals surface area (Å²) in [6, 6.07) is 22.9. The zero-order chi connectivity index (χ0) is 28.0. The summed E-state index contributed by atoms with van der Waals surface area (Å²) in [5, 5.41) is 6.54. The normalized spacial score (nSPS) is 19.6. The van der Waals surface area contributed by atoms with Gasteiger partial charge in [0, 0.05) is 30.1 Å². The molecule has 1 aliphatic heterocycles. The topological polar surface area (TPSA) is 79.0 Å². The van der Waals surface area contributed by atoms with E-state index in [9.17, 15) is 4.79 Å². The summed E-state index contributed by atoms with van der Waals surface area (Å²) in [5.41, 5.74) is 5.23. The average Bonchev–Trinajstić information content (AvgIpc) is 3.45. The third-order valence-electron chi connectivity index (χ3n) is 7.96. The molecule has 1 fully saturated rings. The van der Waals surface area contributed by atoms with Crippen LogP contribution in [0.2, 0.25) is 0 Å². The van der Waals surface area contributed by atoms with E-state index in [0.29, 0.717) is 37.2 Å². The number of nitrogens with one attached hydrogen (secondary N) is 3. The molecule has 1 saturated heterocycles. The van der Waals surface area contributed by atoms with Crippen LogP contribution < -0.4 is 10.6 Å². The van der Waals surface area contributed by atoms with Crippen LogP contribution in [0, 0.1) is 5.82 Å². The molecule has 4 aromatic rings. The molecule has 2 aliphatic rings. The van der Waals surface area contributed by atoms with Crippen molar-refractivity contribution in [3.8, 4) is 0 Å². The van der Waals surface area contributed by atoms with Crippen LogP contribution in [-0.2, 0) is 16.0 Å². The van der Waals surface area contributed by atoms with Gasteiger partial charge in [0.1, 0.15) is 11.6 Å². The number of carbonyl (C=O) groups excluding carboxylic acids is 1. The van der Waals surface area contributed by atoms with E-state index in [1.807, 2.05) is 42.5 Å². The van der Waals surface area contributed by atoms with Gasteiger partial charge in [-0.25, -0.2) is 9.37 Å². The molecule has 7 heteroatoms. The van der Waals surface area contributed by atoms with Gasteiger partial charge in [-0.2, -0.15) is 0 Å². The summed E-state index contributed by atoms with van der Waals surface area (Å²) in [6.45, 7) is 1.12. The van der Waals surface area contributed by atoms with Crippen LogP contribution in [0.5, 0.6) is 0 Å². The van der Waals surface area contributed by atoms with Crippen LogP contribution >= 0.6 is 0 Å². The van der Waals surface area contributed by atoms with E-state index >= 15 is 4.39 Å². The van der Waals surface area contributed by atoms with Crippen molar-refractivity contribution in [3.63, 3.8) is 0 Å². The minimum atomic E-state index is -0.316. The number of imidazole rings is 1. The molecule has 0 radical (unpaired) electrons. The summed E-state index contributed by atoms with van der Waals surface area (Å²) >= 11 is 0. The molecule has 0 bridgehead atoms. The largest absolute Gasteiger partial charge is 0.375 e. The van der Waals surface area contributed by atoms with Gasteiger partial charge in [0.25, 0.3) is 0 Å². The van der Waals surface area contributed by atoms with E-state index in [4.69, 9.17) is 4.74 Å². The number of hydrogen-bond donors (Lipinski definition) is 3. The zero-order valence-corrected chi connectivity index (χ0v) is 23.0. The first kappa shape index (κ1) is 27.1. The number of amides is 1. The Balaban J connectivity index is 1.08. The van der Waals surface area contributed by atoms with E-state index in [-0.39, 0.29) is 36.2 Å². The van der Waals surface area contributed by atoms with Crippen molar-refractivity contribution >= 4 is 22.6 Å². The Kier molecular flexibility index (Phi) is 8.35. The monoisotopic (exact) mass is 550 g/mol. The molecule has 6 nitrogen and oxygen atoms in total. The van der Waals surface area contributed by atoms with Crippen molar-refractivity contribution in [2.75, 3.05) is 18.5 Å². The predicted molar refractivity (Wildman–Crippen MR) is 160 cm³/mol. The zero-order valence-electron chi connectivity index (χ0n) is 23.0. The lowest BCUT2D eigenvalue weighted by Gasteiger charge is -2.29. The maximum absolute atomic E-state index is 15.0. The van der Waals surface area contributed by atoms with Gasteiger partial charge in [-0.1, -0.05) is 66.8 Å². The van der Waals surface area contributed by atoms with Crippen molar-refractivity contribution < 1.29 is 13.9 Å². The van der Waals surface area contributed by atoms with Crippen LogP contribution in [0.25, 0.3) is 11.0 Å². The van der Waals surface area contributed by atoms with Gasteiger partial charge in [0.15, 0.2) is 0 Å². The molecule has 1 unspecified atom stereocenters. The van der Waals surface area contributed by atoms with Crippen molar-refractivity contribution in [3.05, 3.63) is 119 Å². The summed E-state index contributed by atoms with van der Waals surface area (Å²) in [6.07, 6.45) is 9.81. The predicted octanol–water partition coefficient (Wildman–Crippen LogP) is 6.75. The number of ether oxygens (including phenoxy) is 1. The molecule has 1 aliphatic carbocycles. The van der Waals surface area contributed by atoms with Gasteiger partial charge in [0.2, 0.25) is 5.91 Å². The number of anilines is 1. The SMILES string of the molecule is O=C(CC(C1=CCCC=C1)c1ccccc1)Nc1cccc(F)c1CC[C@@H]1CN[C@H](c2nc3ccccc3[nH]2)CO1. The second kappa shape index (κ2) is 12.6. The third-order valence-corrected chi connectivity index (χ3v) is 7.96. The fourth-order valence-corrected chi connectivity index (χ4v) is 5.75. The molecular weight excluding hydrogens is 515 g/mol. The average molecular weight is 551 g/mol. The Morgan fingerprint density at radius 2 is 1.90 bits per heavy atom. The Morgan fingerprint density at radius 1 is 1.05 bits per heavy atom. The van der Waals surface area contributed by atoms with Gasteiger partial charge >= 0.3 is 0 Å². The lowest BCUT2D eigenvalue weighted by molar-refractivity contribution is -0.116.